The van der Waals surface area contributed by atoms with Crippen LogP contribution in [0.4, 0.5) is 0 Å². The number of carbonyl (C=O) groups excluding carboxylic acids is 2. The van der Waals surface area contributed by atoms with Crippen molar-refractivity contribution in [2.24, 2.45) is 5.10 Å². The summed E-state index contributed by atoms with van der Waals surface area (Å²) >= 11 is 0. The number of carbonyl (C=O) groups is 2. The monoisotopic (exact) mass is 232 g/mol. The molecule has 0 aliphatic carbocycles. The highest BCUT2D eigenvalue weighted by molar-refractivity contribution is 6.66. The third kappa shape index (κ3) is 2.50. The molecule has 0 atom stereocenters. The molecule has 5 nitrogen and oxygen atoms in total. The molecule has 0 aromatic heterocycles. The van der Waals surface area contributed by atoms with Crippen LogP contribution in [0.25, 0.3) is 0 Å². The van der Waals surface area contributed by atoms with Crippen LogP contribution in [-0.4, -0.2) is 35.6 Å². The molecule has 88 valence electrons. The lowest BCUT2D eigenvalue weighted by molar-refractivity contribution is -0.139. The Bertz CT molecular complexity index is 468. The van der Waals surface area contributed by atoms with Crippen LogP contribution in [0.1, 0.15) is 6.92 Å². The van der Waals surface area contributed by atoms with Crippen molar-refractivity contribution in [2.45, 2.75) is 6.92 Å². The Kier molecular flexibility index (Phi) is 3.18. The Morgan fingerprint density at radius 3 is 2.53 bits per heavy atom. The number of hydrogen-bond donors (Lipinski definition) is 0. The van der Waals surface area contributed by atoms with Gasteiger partial charge in [0.15, 0.2) is 0 Å². The maximum Gasteiger partial charge on any atom is 0.316 e. The van der Waals surface area contributed by atoms with E-state index in [4.69, 9.17) is 4.74 Å². The molecule has 1 aromatic carbocycles. The zero-order chi connectivity index (χ0) is 12.3. The van der Waals surface area contributed by atoms with E-state index in [0.29, 0.717) is 6.61 Å². The number of nitrogens with zero attached hydrogens (tertiary/aromatic N) is 2. The van der Waals surface area contributed by atoms with Crippen LogP contribution in [0.3, 0.4) is 0 Å². The summed E-state index contributed by atoms with van der Waals surface area (Å²) in [5, 5.41) is 4.99. The molecule has 2 rings (SSSR count). The van der Waals surface area contributed by atoms with Gasteiger partial charge < -0.3 is 4.74 Å². The van der Waals surface area contributed by atoms with E-state index >= 15 is 0 Å². The fourth-order valence-corrected chi connectivity index (χ4v) is 1.46. The first kappa shape index (κ1) is 11.3. The molecule has 0 spiro atoms. The number of ether oxygens (including phenoxy) is 1. The Morgan fingerprint density at radius 1 is 1.24 bits per heavy atom. The van der Waals surface area contributed by atoms with E-state index < -0.39 is 11.7 Å². The van der Waals surface area contributed by atoms with Gasteiger partial charge in [0.1, 0.15) is 18.1 Å². The molecule has 1 aliphatic heterocycles. The fraction of sp³-hybridized carbons (Fsp3) is 0.250. The van der Waals surface area contributed by atoms with E-state index in [1.54, 1.807) is 0 Å². The van der Waals surface area contributed by atoms with E-state index in [1.807, 2.05) is 30.3 Å². The summed E-state index contributed by atoms with van der Waals surface area (Å²) in [4.78, 5) is 22.6. The van der Waals surface area contributed by atoms with Crippen LogP contribution < -0.4 is 4.74 Å². The van der Waals surface area contributed by atoms with Gasteiger partial charge in [-0.25, -0.2) is 5.01 Å². The Morgan fingerprint density at radius 2 is 1.94 bits per heavy atom. The summed E-state index contributed by atoms with van der Waals surface area (Å²) < 4.78 is 5.41. The summed E-state index contributed by atoms with van der Waals surface area (Å²) in [5.74, 6) is -0.393. The molecule has 0 saturated heterocycles. The molecule has 1 aromatic rings. The van der Waals surface area contributed by atoms with Crippen LogP contribution in [0.15, 0.2) is 35.4 Å². The lowest BCUT2D eigenvalue weighted by Crippen LogP contribution is -2.30. The molecular weight excluding hydrogens is 220 g/mol. The predicted molar refractivity (Wildman–Crippen MR) is 61.8 cm³/mol. The summed E-state index contributed by atoms with van der Waals surface area (Å²) in [7, 11) is 0. The van der Waals surface area contributed by atoms with Crippen molar-refractivity contribution in [3.8, 4) is 5.75 Å². The molecular formula is C12H12N2O3. The quantitative estimate of drug-likeness (QED) is 0.723. The lowest BCUT2D eigenvalue weighted by atomic mass is 10.3. The Hall–Kier alpha value is -2.17. The predicted octanol–water partition coefficient (Wildman–Crippen LogP) is 0.853. The maximum absolute atomic E-state index is 11.4. The number of ketones is 1. The van der Waals surface area contributed by atoms with Gasteiger partial charge in [0.05, 0.1) is 6.54 Å². The first-order valence-electron chi connectivity index (χ1n) is 5.28. The average molecular weight is 232 g/mol. The van der Waals surface area contributed by atoms with E-state index in [2.05, 4.69) is 5.10 Å². The van der Waals surface area contributed by atoms with Gasteiger partial charge in [-0.1, -0.05) is 18.2 Å². The highest BCUT2D eigenvalue weighted by Crippen LogP contribution is 2.09. The normalized spacial score (nSPS) is 15.1. The second kappa shape index (κ2) is 4.78. The zero-order valence-corrected chi connectivity index (χ0v) is 9.42. The molecule has 0 unspecified atom stereocenters. The fourth-order valence-electron chi connectivity index (χ4n) is 1.46. The van der Waals surface area contributed by atoms with Crippen molar-refractivity contribution in [1.29, 1.82) is 0 Å². The largest absolute Gasteiger partial charge is 0.492 e. The van der Waals surface area contributed by atoms with Crippen molar-refractivity contribution >= 4 is 17.4 Å². The number of benzene rings is 1. The average Bonchev–Trinajstić information content (AvgIpc) is 2.59. The van der Waals surface area contributed by atoms with E-state index in [-0.39, 0.29) is 12.3 Å². The van der Waals surface area contributed by atoms with Crippen LogP contribution in [-0.2, 0) is 9.59 Å². The number of para-hydroxylation sites is 1. The third-order valence-electron chi connectivity index (χ3n) is 2.34. The van der Waals surface area contributed by atoms with Crippen LogP contribution in [0, 0.1) is 0 Å². The first-order valence-corrected chi connectivity index (χ1v) is 5.28. The number of hydrogen-bond acceptors (Lipinski definition) is 4. The minimum atomic E-state index is -0.584. The second-order valence-electron chi connectivity index (χ2n) is 3.60. The number of rotatable bonds is 4. The van der Waals surface area contributed by atoms with Crippen LogP contribution >= 0.6 is 0 Å². The number of Topliss-reactive ketones (excluding diaryl/α,β-unsaturated/α-hetero) is 1. The van der Waals surface area contributed by atoms with Crippen molar-refractivity contribution in [3.63, 3.8) is 0 Å². The van der Waals surface area contributed by atoms with Gasteiger partial charge in [-0.3, -0.25) is 9.59 Å². The van der Waals surface area contributed by atoms with Gasteiger partial charge in [-0.15, -0.1) is 0 Å². The summed E-state index contributed by atoms with van der Waals surface area (Å²) in [6.45, 7) is 2.11. The summed E-state index contributed by atoms with van der Waals surface area (Å²) in [6.07, 6.45) is 0. The smallest absolute Gasteiger partial charge is 0.316 e. The van der Waals surface area contributed by atoms with Gasteiger partial charge >= 0.3 is 5.91 Å². The first-order chi connectivity index (χ1) is 8.18. The lowest BCUT2D eigenvalue weighted by Gasteiger charge is -2.11. The number of amides is 1. The van der Waals surface area contributed by atoms with Gasteiger partial charge in [0.2, 0.25) is 0 Å². The molecule has 1 amide bonds. The maximum atomic E-state index is 11.4. The standard InChI is InChI=1S/C12H12N2O3/c1-9-11(15)12(16)14(13-9)7-8-17-10-5-3-2-4-6-10/h2-6H,7-8H2,1H3. The second-order valence-corrected chi connectivity index (χ2v) is 3.60. The zero-order valence-electron chi connectivity index (χ0n) is 9.42. The minimum absolute atomic E-state index is 0.231. The van der Waals surface area contributed by atoms with Crippen molar-refractivity contribution in [1.82, 2.24) is 5.01 Å². The van der Waals surface area contributed by atoms with E-state index in [0.717, 1.165) is 10.8 Å². The van der Waals surface area contributed by atoms with Crippen molar-refractivity contribution in [2.75, 3.05) is 13.2 Å². The molecule has 0 saturated carbocycles. The van der Waals surface area contributed by atoms with Crippen LogP contribution in [0.2, 0.25) is 0 Å². The SMILES string of the molecule is CC1=NN(CCOc2ccccc2)C(=O)C1=O. The van der Waals surface area contributed by atoms with Crippen molar-refractivity contribution < 1.29 is 14.3 Å². The molecule has 1 heterocycles. The Balaban J connectivity index is 1.84. The highest BCUT2D eigenvalue weighted by atomic mass is 16.5. The van der Waals surface area contributed by atoms with E-state index in [9.17, 15) is 9.59 Å². The molecule has 5 heteroatoms. The highest BCUT2D eigenvalue weighted by Gasteiger charge is 2.30. The molecule has 0 bridgehead atoms. The van der Waals surface area contributed by atoms with Gasteiger partial charge in [-0.2, -0.15) is 5.10 Å². The van der Waals surface area contributed by atoms with Crippen molar-refractivity contribution in [3.05, 3.63) is 30.3 Å². The molecule has 17 heavy (non-hydrogen) atoms. The van der Waals surface area contributed by atoms with E-state index in [1.165, 1.54) is 6.92 Å². The molecule has 1 aliphatic rings. The Labute approximate surface area is 98.7 Å². The van der Waals surface area contributed by atoms with Gasteiger partial charge in [0, 0.05) is 0 Å². The summed E-state index contributed by atoms with van der Waals surface area (Å²) in [5.41, 5.74) is 0.231. The topological polar surface area (TPSA) is 59.0 Å². The molecule has 0 N–H and O–H groups in total. The minimum Gasteiger partial charge on any atom is -0.492 e. The summed E-state index contributed by atoms with van der Waals surface area (Å²) in [6, 6.07) is 9.27. The molecule has 0 radical (unpaired) electrons. The van der Waals surface area contributed by atoms with Crippen LogP contribution in [0.5, 0.6) is 5.75 Å². The number of hydrazone groups is 1. The van der Waals surface area contributed by atoms with Gasteiger partial charge in [0.25, 0.3) is 5.78 Å². The molecule has 0 fully saturated rings. The third-order valence-corrected chi connectivity index (χ3v) is 2.34. The van der Waals surface area contributed by atoms with Gasteiger partial charge in [-0.05, 0) is 19.1 Å².